The summed E-state index contributed by atoms with van der Waals surface area (Å²) < 4.78 is 9.44. The largest absolute Gasteiger partial charge is 0.495 e. The summed E-state index contributed by atoms with van der Waals surface area (Å²) in [5, 5.41) is 7.84. The lowest BCUT2D eigenvalue weighted by atomic mass is 9.89. The Morgan fingerprint density at radius 1 is 1.33 bits per heavy atom. The molecule has 5 nitrogen and oxygen atoms in total. The van der Waals surface area contributed by atoms with Crippen LogP contribution in [0.25, 0.3) is 0 Å². The lowest BCUT2D eigenvalue weighted by Crippen LogP contribution is -2.25. The van der Waals surface area contributed by atoms with Crippen molar-refractivity contribution in [3.8, 4) is 5.75 Å². The summed E-state index contributed by atoms with van der Waals surface area (Å²) >= 11 is 1.44. The Morgan fingerprint density at radius 3 is 2.71 bits per heavy atom. The molecule has 0 bridgehead atoms. The second kappa shape index (κ2) is 6.49. The van der Waals surface area contributed by atoms with Crippen molar-refractivity contribution in [2.24, 2.45) is 0 Å². The quantitative estimate of drug-likeness (QED) is 0.920. The number of nitrogens with zero attached hydrogens (tertiary/aromatic N) is 3. The van der Waals surface area contributed by atoms with E-state index < -0.39 is 0 Å². The van der Waals surface area contributed by atoms with Crippen molar-refractivity contribution in [3.63, 3.8) is 0 Å². The number of hydrogen-bond donors (Lipinski definition) is 1. The zero-order valence-electron chi connectivity index (χ0n) is 13.2. The first-order valence-electron chi connectivity index (χ1n) is 7.02. The minimum atomic E-state index is -0.0394. The van der Waals surface area contributed by atoms with Crippen LogP contribution in [0.4, 0.5) is 0 Å². The fourth-order valence-corrected chi connectivity index (χ4v) is 3.15. The molecular formula is C15H22N4OS. The zero-order chi connectivity index (χ0) is 15.5. The third-order valence-electron chi connectivity index (χ3n) is 3.20. The van der Waals surface area contributed by atoms with Crippen LogP contribution in [-0.2, 0) is 5.41 Å². The molecule has 0 spiro atoms. The molecule has 1 atom stereocenters. The van der Waals surface area contributed by atoms with Crippen LogP contribution in [0.15, 0.2) is 18.5 Å². The van der Waals surface area contributed by atoms with Crippen LogP contribution >= 0.6 is 11.5 Å². The smallest absolute Gasteiger partial charge is 0.137 e. The molecule has 0 radical (unpaired) electrons. The van der Waals surface area contributed by atoms with E-state index in [0.29, 0.717) is 0 Å². The maximum Gasteiger partial charge on any atom is 0.137 e. The van der Waals surface area contributed by atoms with Crippen LogP contribution in [-0.4, -0.2) is 28.2 Å². The van der Waals surface area contributed by atoms with Gasteiger partial charge in [0.1, 0.15) is 5.75 Å². The number of hydrogen-bond acceptors (Lipinski definition) is 6. The fraction of sp³-hybridized carbons (Fsp3) is 0.533. The lowest BCUT2D eigenvalue weighted by molar-refractivity contribution is 0.411. The molecule has 2 aromatic heterocycles. The molecular weight excluding hydrogens is 284 g/mol. The normalized spacial score (nSPS) is 13.2. The van der Waals surface area contributed by atoms with Crippen molar-refractivity contribution in [1.29, 1.82) is 0 Å². The molecule has 2 heterocycles. The van der Waals surface area contributed by atoms with Crippen molar-refractivity contribution >= 4 is 11.5 Å². The van der Waals surface area contributed by atoms with Crippen LogP contribution in [0.2, 0.25) is 0 Å². The van der Waals surface area contributed by atoms with Gasteiger partial charge >= 0.3 is 0 Å². The van der Waals surface area contributed by atoms with E-state index in [1.54, 1.807) is 13.3 Å². The molecule has 0 aromatic carbocycles. The van der Waals surface area contributed by atoms with Crippen LogP contribution in [0, 0.1) is 0 Å². The summed E-state index contributed by atoms with van der Waals surface area (Å²) in [5.41, 5.74) is 2.05. The first kappa shape index (κ1) is 15.9. The van der Waals surface area contributed by atoms with Crippen molar-refractivity contribution < 1.29 is 4.74 Å². The number of methoxy groups -OCH3 is 1. The topological polar surface area (TPSA) is 59.9 Å². The maximum absolute atomic E-state index is 5.28. The fourth-order valence-electron chi connectivity index (χ4n) is 2.18. The average Bonchev–Trinajstić information content (AvgIpc) is 2.94. The molecule has 0 aliphatic carbocycles. The molecule has 0 fully saturated rings. The highest BCUT2D eigenvalue weighted by Crippen LogP contribution is 2.34. The first-order chi connectivity index (χ1) is 9.97. The molecule has 6 heteroatoms. The van der Waals surface area contributed by atoms with Gasteiger partial charge in [-0.2, -0.15) is 0 Å². The molecule has 2 aromatic rings. The predicted molar refractivity (Wildman–Crippen MR) is 84.9 cm³/mol. The molecule has 1 unspecified atom stereocenters. The van der Waals surface area contributed by atoms with E-state index in [1.165, 1.54) is 11.5 Å². The van der Waals surface area contributed by atoms with Gasteiger partial charge in [-0.1, -0.05) is 32.2 Å². The van der Waals surface area contributed by atoms with Crippen molar-refractivity contribution in [2.45, 2.75) is 39.2 Å². The number of rotatable bonds is 5. The Labute approximate surface area is 129 Å². The molecule has 0 aliphatic rings. The van der Waals surface area contributed by atoms with Gasteiger partial charge in [-0.05, 0) is 29.7 Å². The van der Waals surface area contributed by atoms with Crippen molar-refractivity contribution in [3.05, 3.63) is 34.6 Å². The molecule has 114 valence electrons. The van der Waals surface area contributed by atoms with E-state index in [2.05, 4.69) is 47.6 Å². The SMILES string of the molecule is CCNC(c1cncc(OC)c1)c1snnc1C(C)(C)C. The van der Waals surface area contributed by atoms with Gasteiger partial charge in [-0.15, -0.1) is 5.10 Å². The van der Waals surface area contributed by atoms with Gasteiger partial charge in [0.15, 0.2) is 0 Å². The van der Waals surface area contributed by atoms with E-state index >= 15 is 0 Å². The van der Waals surface area contributed by atoms with Gasteiger partial charge in [0.2, 0.25) is 0 Å². The highest BCUT2D eigenvalue weighted by atomic mass is 32.1. The monoisotopic (exact) mass is 306 g/mol. The number of nitrogens with one attached hydrogen (secondary N) is 1. The third-order valence-corrected chi connectivity index (χ3v) is 3.99. The molecule has 0 saturated heterocycles. The average molecular weight is 306 g/mol. The highest BCUT2D eigenvalue weighted by Gasteiger charge is 2.28. The van der Waals surface area contributed by atoms with Crippen molar-refractivity contribution in [2.75, 3.05) is 13.7 Å². The molecule has 0 amide bonds. The minimum absolute atomic E-state index is 0.0341. The van der Waals surface area contributed by atoms with Gasteiger partial charge in [0, 0.05) is 11.6 Å². The van der Waals surface area contributed by atoms with Crippen LogP contribution in [0.3, 0.4) is 0 Å². The minimum Gasteiger partial charge on any atom is -0.495 e. The second-order valence-electron chi connectivity index (χ2n) is 5.88. The van der Waals surface area contributed by atoms with Crippen LogP contribution < -0.4 is 10.1 Å². The number of pyridine rings is 1. The van der Waals surface area contributed by atoms with Crippen LogP contribution in [0.5, 0.6) is 5.75 Å². The summed E-state index contributed by atoms with van der Waals surface area (Å²) in [6.45, 7) is 9.40. The van der Waals surface area contributed by atoms with E-state index in [-0.39, 0.29) is 11.5 Å². The Kier molecular flexibility index (Phi) is 4.90. The van der Waals surface area contributed by atoms with Crippen LogP contribution in [0.1, 0.15) is 49.9 Å². The summed E-state index contributed by atoms with van der Waals surface area (Å²) in [7, 11) is 1.65. The van der Waals surface area contributed by atoms with E-state index in [1.807, 2.05) is 12.3 Å². The molecule has 1 N–H and O–H groups in total. The van der Waals surface area contributed by atoms with E-state index in [4.69, 9.17) is 4.74 Å². The standard InChI is InChI=1S/C15H22N4OS/c1-6-17-12(10-7-11(20-5)9-16-8-10)13-14(15(2,3)4)18-19-21-13/h7-9,12,17H,6H2,1-5H3. The molecule has 21 heavy (non-hydrogen) atoms. The maximum atomic E-state index is 5.28. The molecule has 0 saturated carbocycles. The zero-order valence-corrected chi connectivity index (χ0v) is 14.0. The van der Waals surface area contributed by atoms with E-state index in [9.17, 15) is 0 Å². The Bertz CT molecular complexity index is 591. The van der Waals surface area contributed by atoms with Gasteiger partial charge < -0.3 is 10.1 Å². The van der Waals surface area contributed by atoms with Gasteiger partial charge in [-0.25, -0.2) is 0 Å². The number of ether oxygens (including phenoxy) is 1. The third kappa shape index (κ3) is 3.57. The summed E-state index contributed by atoms with van der Waals surface area (Å²) in [6.07, 6.45) is 3.57. The Balaban J connectivity index is 2.46. The second-order valence-corrected chi connectivity index (χ2v) is 6.67. The van der Waals surface area contributed by atoms with Gasteiger partial charge in [-0.3, -0.25) is 4.98 Å². The van der Waals surface area contributed by atoms with Gasteiger partial charge in [0.05, 0.1) is 29.9 Å². The molecule has 2 rings (SSSR count). The Hall–Kier alpha value is -1.53. The lowest BCUT2D eigenvalue weighted by Gasteiger charge is -2.22. The highest BCUT2D eigenvalue weighted by molar-refractivity contribution is 7.05. The number of aromatic nitrogens is 3. The first-order valence-corrected chi connectivity index (χ1v) is 7.79. The summed E-state index contributed by atoms with van der Waals surface area (Å²) in [6, 6.07) is 2.04. The Morgan fingerprint density at radius 2 is 2.10 bits per heavy atom. The molecule has 0 aliphatic heterocycles. The van der Waals surface area contributed by atoms with E-state index in [0.717, 1.165) is 28.4 Å². The summed E-state index contributed by atoms with van der Waals surface area (Å²) in [5.74, 6) is 0.755. The summed E-state index contributed by atoms with van der Waals surface area (Å²) in [4.78, 5) is 5.40. The predicted octanol–water partition coefficient (Wildman–Crippen LogP) is 2.94. The van der Waals surface area contributed by atoms with Gasteiger partial charge in [0.25, 0.3) is 0 Å². The van der Waals surface area contributed by atoms with Crippen molar-refractivity contribution in [1.82, 2.24) is 19.9 Å².